The highest BCUT2D eigenvalue weighted by molar-refractivity contribution is 5.78. The van der Waals surface area contributed by atoms with E-state index in [1.54, 1.807) is 12.4 Å². The summed E-state index contributed by atoms with van der Waals surface area (Å²) in [5.74, 6) is 0. The quantitative estimate of drug-likeness (QED) is 0.760. The van der Waals surface area contributed by atoms with E-state index in [1.807, 2.05) is 49.4 Å². The maximum atomic E-state index is 10.5. The Kier molecular flexibility index (Phi) is 2.97. The summed E-state index contributed by atoms with van der Waals surface area (Å²) in [5, 5.41) is 10.5. The Labute approximate surface area is 111 Å². The monoisotopic (exact) mass is 250 g/mol. The van der Waals surface area contributed by atoms with Crippen LogP contribution in [0.25, 0.3) is 11.0 Å². The van der Waals surface area contributed by atoms with Gasteiger partial charge in [0.15, 0.2) is 0 Å². The molecular weight excluding hydrogens is 236 g/mol. The number of benzene rings is 2. The first-order valence-electron chi connectivity index (χ1n) is 6.20. The number of aliphatic hydroxyl groups excluding tert-OH is 1. The van der Waals surface area contributed by atoms with Crippen LogP contribution in [-0.2, 0) is 0 Å². The van der Waals surface area contributed by atoms with Gasteiger partial charge in [0.05, 0.1) is 11.0 Å². The number of hydrogen-bond acceptors (Lipinski definition) is 3. The SMILES string of the molecule is Cc1cccc(C(O)c2cccc3nccnc23)c1. The normalized spacial score (nSPS) is 12.5. The Morgan fingerprint density at radius 3 is 2.63 bits per heavy atom. The summed E-state index contributed by atoms with van der Waals surface area (Å²) in [7, 11) is 0. The molecule has 0 bridgehead atoms. The van der Waals surface area contributed by atoms with E-state index in [9.17, 15) is 5.11 Å². The van der Waals surface area contributed by atoms with Crippen molar-refractivity contribution in [2.45, 2.75) is 13.0 Å². The van der Waals surface area contributed by atoms with Crippen molar-refractivity contribution in [2.75, 3.05) is 0 Å². The second-order valence-electron chi connectivity index (χ2n) is 4.59. The van der Waals surface area contributed by atoms with Crippen LogP contribution in [0.5, 0.6) is 0 Å². The summed E-state index contributed by atoms with van der Waals surface area (Å²) in [6.45, 7) is 2.01. The highest BCUT2D eigenvalue weighted by Gasteiger charge is 2.14. The number of rotatable bonds is 2. The Morgan fingerprint density at radius 1 is 1.00 bits per heavy atom. The molecule has 3 nitrogen and oxygen atoms in total. The Balaban J connectivity index is 2.14. The van der Waals surface area contributed by atoms with Gasteiger partial charge < -0.3 is 5.11 Å². The summed E-state index contributed by atoms with van der Waals surface area (Å²) in [6.07, 6.45) is 2.63. The minimum Gasteiger partial charge on any atom is -0.384 e. The lowest BCUT2D eigenvalue weighted by atomic mass is 9.99. The van der Waals surface area contributed by atoms with Gasteiger partial charge in [-0.1, -0.05) is 42.0 Å². The van der Waals surface area contributed by atoms with Crippen LogP contribution in [0, 0.1) is 6.92 Å². The third-order valence-corrected chi connectivity index (χ3v) is 3.18. The van der Waals surface area contributed by atoms with Gasteiger partial charge in [-0.3, -0.25) is 9.97 Å². The van der Waals surface area contributed by atoms with Gasteiger partial charge in [-0.25, -0.2) is 0 Å². The molecule has 1 N–H and O–H groups in total. The summed E-state index contributed by atoms with van der Waals surface area (Å²) >= 11 is 0. The smallest absolute Gasteiger partial charge is 0.106 e. The molecule has 0 spiro atoms. The van der Waals surface area contributed by atoms with E-state index in [0.29, 0.717) is 0 Å². The maximum Gasteiger partial charge on any atom is 0.106 e. The van der Waals surface area contributed by atoms with E-state index < -0.39 is 6.10 Å². The van der Waals surface area contributed by atoms with Crippen LogP contribution in [0.3, 0.4) is 0 Å². The van der Waals surface area contributed by atoms with E-state index in [1.165, 1.54) is 0 Å². The molecule has 3 rings (SSSR count). The molecule has 1 heterocycles. The highest BCUT2D eigenvalue weighted by atomic mass is 16.3. The molecular formula is C16H14N2O. The molecule has 19 heavy (non-hydrogen) atoms. The molecule has 0 aliphatic rings. The second-order valence-corrected chi connectivity index (χ2v) is 4.59. The zero-order chi connectivity index (χ0) is 13.2. The number of nitrogens with zero attached hydrogens (tertiary/aromatic N) is 2. The molecule has 1 atom stereocenters. The molecule has 2 aromatic carbocycles. The van der Waals surface area contributed by atoms with Crippen molar-refractivity contribution in [1.82, 2.24) is 9.97 Å². The first-order valence-corrected chi connectivity index (χ1v) is 6.20. The van der Waals surface area contributed by atoms with Gasteiger partial charge in [0.2, 0.25) is 0 Å². The summed E-state index contributed by atoms with van der Waals surface area (Å²) in [6, 6.07) is 13.6. The first-order chi connectivity index (χ1) is 9.25. The summed E-state index contributed by atoms with van der Waals surface area (Å²) in [5.41, 5.74) is 4.34. The number of fused-ring (bicyclic) bond motifs is 1. The van der Waals surface area contributed by atoms with Crippen LogP contribution in [0.4, 0.5) is 0 Å². The van der Waals surface area contributed by atoms with Crippen molar-refractivity contribution < 1.29 is 5.11 Å². The van der Waals surface area contributed by atoms with Crippen molar-refractivity contribution in [1.29, 1.82) is 0 Å². The minimum atomic E-state index is -0.680. The van der Waals surface area contributed by atoms with Crippen LogP contribution in [0.2, 0.25) is 0 Å². The first kappa shape index (κ1) is 11.8. The fraction of sp³-hybridized carbons (Fsp3) is 0.125. The van der Waals surface area contributed by atoms with Crippen molar-refractivity contribution in [3.8, 4) is 0 Å². The topological polar surface area (TPSA) is 46.0 Å². The molecule has 0 amide bonds. The van der Waals surface area contributed by atoms with Crippen LogP contribution in [0.1, 0.15) is 22.8 Å². The van der Waals surface area contributed by atoms with Crippen LogP contribution in [-0.4, -0.2) is 15.1 Å². The van der Waals surface area contributed by atoms with Gasteiger partial charge in [-0.05, 0) is 18.6 Å². The van der Waals surface area contributed by atoms with Gasteiger partial charge in [-0.2, -0.15) is 0 Å². The van der Waals surface area contributed by atoms with Crippen molar-refractivity contribution >= 4 is 11.0 Å². The third-order valence-electron chi connectivity index (χ3n) is 3.18. The standard InChI is InChI=1S/C16H14N2O/c1-11-4-2-5-12(10-11)16(19)13-6-3-7-14-15(13)18-9-8-17-14/h2-10,16,19H,1H3. The van der Waals surface area contributed by atoms with E-state index in [4.69, 9.17) is 0 Å². The van der Waals surface area contributed by atoms with Crippen LogP contribution >= 0.6 is 0 Å². The van der Waals surface area contributed by atoms with Crippen molar-refractivity contribution in [3.63, 3.8) is 0 Å². The third kappa shape index (κ3) is 2.20. The molecule has 1 unspecified atom stereocenters. The highest BCUT2D eigenvalue weighted by Crippen LogP contribution is 2.27. The summed E-state index contributed by atoms with van der Waals surface area (Å²) < 4.78 is 0. The number of aromatic nitrogens is 2. The Bertz CT molecular complexity index is 719. The molecule has 3 heteroatoms. The maximum absolute atomic E-state index is 10.5. The average Bonchev–Trinajstić information content (AvgIpc) is 2.46. The molecule has 0 fully saturated rings. The van der Waals surface area contributed by atoms with E-state index in [-0.39, 0.29) is 0 Å². The molecule has 0 saturated heterocycles. The number of aryl methyl sites for hydroxylation is 1. The Morgan fingerprint density at radius 2 is 1.79 bits per heavy atom. The van der Waals surface area contributed by atoms with E-state index >= 15 is 0 Å². The molecule has 0 radical (unpaired) electrons. The van der Waals surface area contributed by atoms with Gasteiger partial charge >= 0.3 is 0 Å². The number of para-hydroxylation sites is 1. The predicted molar refractivity (Wildman–Crippen MR) is 74.8 cm³/mol. The average molecular weight is 250 g/mol. The zero-order valence-corrected chi connectivity index (χ0v) is 10.6. The number of hydrogen-bond donors (Lipinski definition) is 1. The predicted octanol–water partition coefficient (Wildman–Crippen LogP) is 3.02. The fourth-order valence-electron chi connectivity index (χ4n) is 2.26. The summed E-state index contributed by atoms with van der Waals surface area (Å²) in [4.78, 5) is 8.59. The molecule has 0 aliphatic carbocycles. The number of aliphatic hydroxyl groups is 1. The minimum absolute atomic E-state index is 0.680. The fourth-order valence-corrected chi connectivity index (χ4v) is 2.26. The lowest BCUT2D eigenvalue weighted by molar-refractivity contribution is 0.221. The van der Waals surface area contributed by atoms with E-state index in [2.05, 4.69) is 9.97 Å². The van der Waals surface area contributed by atoms with Crippen molar-refractivity contribution in [3.05, 3.63) is 71.5 Å². The van der Waals surface area contributed by atoms with Crippen molar-refractivity contribution in [2.24, 2.45) is 0 Å². The van der Waals surface area contributed by atoms with E-state index in [0.717, 1.165) is 27.7 Å². The molecule has 1 aromatic heterocycles. The lowest BCUT2D eigenvalue weighted by Crippen LogP contribution is -2.02. The zero-order valence-electron chi connectivity index (χ0n) is 10.6. The molecule has 3 aromatic rings. The van der Waals surface area contributed by atoms with Gasteiger partial charge in [-0.15, -0.1) is 0 Å². The second kappa shape index (κ2) is 4.78. The van der Waals surface area contributed by atoms with Gasteiger partial charge in [0.1, 0.15) is 6.10 Å². The van der Waals surface area contributed by atoms with Gasteiger partial charge in [0.25, 0.3) is 0 Å². The van der Waals surface area contributed by atoms with Gasteiger partial charge in [0, 0.05) is 18.0 Å². The molecule has 0 aliphatic heterocycles. The molecule has 94 valence electrons. The Hall–Kier alpha value is -2.26. The largest absolute Gasteiger partial charge is 0.384 e. The molecule has 0 saturated carbocycles. The lowest BCUT2D eigenvalue weighted by Gasteiger charge is -2.13. The van der Waals surface area contributed by atoms with Crippen LogP contribution < -0.4 is 0 Å². The van der Waals surface area contributed by atoms with Crippen LogP contribution in [0.15, 0.2) is 54.9 Å².